The van der Waals surface area contributed by atoms with Gasteiger partial charge in [0.1, 0.15) is 5.75 Å². The van der Waals surface area contributed by atoms with E-state index in [2.05, 4.69) is 23.5 Å². The molecule has 2 amide bonds. The van der Waals surface area contributed by atoms with E-state index < -0.39 is 0 Å². The molecule has 3 aromatic carbocycles. The van der Waals surface area contributed by atoms with Crippen molar-refractivity contribution in [1.82, 2.24) is 10.2 Å². The van der Waals surface area contributed by atoms with E-state index in [9.17, 15) is 9.59 Å². The van der Waals surface area contributed by atoms with Crippen LogP contribution in [0.15, 0.2) is 78.9 Å². The van der Waals surface area contributed by atoms with Crippen LogP contribution in [0.4, 0.5) is 0 Å². The van der Waals surface area contributed by atoms with Gasteiger partial charge in [-0.25, -0.2) is 0 Å². The van der Waals surface area contributed by atoms with Gasteiger partial charge in [0.25, 0.3) is 5.91 Å². The van der Waals surface area contributed by atoms with Gasteiger partial charge in [-0.2, -0.15) is 0 Å². The topological polar surface area (TPSA) is 58.6 Å². The fourth-order valence-electron chi connectivity index (χ4n) is 4.24. The SMILES string of the molecule is CC(C)C(=O)N1CCc2ccc(OCC(=O)NCc3ccccc3)cc2[C@@H]1c1ccccc1. The Bertz CT molecular complexity index is 1100. The van der Waals surface area contributed by atoms with Crippen LogP contribution in [0, 0.1) is 5.92 Å². The molecule has 1 aliphatic rings. The molecule has 0 unspecified atom stereocenters. The second-order valence-electron chi connectivity index (χ2n) is 8.66. The number of benzene rings is 3. The molecule has 1 atom stereocenters. The van der Waals surface area contributed by atoms with E-state index in [0.29, 0.717) is 18.8 Å². The Kier molecular flexibility index (Phi) is 7.08. The van der Waals surface area contributed by atoms with Gasteiger partial charge in [0.05, 0.1) is 6.04 Å². The Morgan fingerprint density at radius 3 is 2.39 bits per heavy atom. The van der Waals surface area contributed by atoms with E-state index in [1.807, 2.05) is 79.4 Å². The molecule has 0 bridgehead atoms. The van der Waals surface area contributed by atoms with Crippen molar-refractivity contribution in [2.75, 3.05) is 13.2 Å². The van der Waals surface area contributed by atoms with Gasteiger partial charge in [0.2, 0.25) is 5.91 Å². The maximum atomic E-state index is 13.0. The Morgan fingerprint density at radius 1 is 1.00 bits per heavy atom. The summed E-state index contributed by atoms with van der Waals surface area (Å²) in [7, 11) is 0. The van der Waals surface area contributed by atoms with Crippen molar-refractivity contribution in [3.05, 3.63) is 101 Å². The van der Waals surface area contributed by atoms with Crippen LogP contribution in [-0.4, -0.2) is 29.9 Å². The third-order valence-corrected chi connectivity index (χ3v) is 5.94. The number of amides is 2. The average molecular weight is 443 g/mol. The molecule has 0 spiro atoms. The zero-order valence-corrected chi connectivity index (χ0v) is 19.2. The van der Waals surface area contributed by atoms with E-state index in [4.69, 9.17) is 4.74 Å². The Morgan fingerprint density at radius 2 is 1.70 bits per heavy atom. The predicted molar refractivity (Wildman–Crippen MR) is 129 cm³/mol. The molecule has 1 aliphatic heterocycles. The van der Waals surface area contributed by atoms with Gasteiger partial charge in [0, 0.05) is 19.0 Å². The fourth-order valence-corrected chi connectivity index (χ4v) is 4.24. The summed E-state index contributed by atoms with van der Waals surface area (Å²) < 4.78 is 5.83. The van der Waals surface area contributed by atoms with Crippen molar-refractivity contribution in [2.45, 2.75) is 32.9 Å². The fraction of sp³-hybridized carbons (Fsp3) is 0.286. The van der Waals surface area contributed by atoms with Crippen molar-refractivity contribution in [2.24, 2.45) is 5.92 Å². The van der Waals surface area contributed by atoms with E-state index in [1.54, 1.807) is 0 Å². The van der Waals surface area contributed by atoms with Crippen LogP contribution in [0.25, 0.3) is 0 Å². The van der Waals surface area contributed by atoms with Crippen LogP contribution in [0.2, 0.25) is 0 Å². The smallest absolute Gasteiger partial charge is 0.258 e. The van der Waals surface area contributed by atoms with Crippen molar-refractivity contribution in [1.29, 1.82) is 0 Å². The highest BCUT2D eigenvalue weighted by Gasteiger charge is 2.33. The predicted octanol–water partition coefficient (Wildman–Crippen LogP) is 4.51. The van der Waals surface area contributed by atoms with Crippen LogP contribution in [-0.2, 0) is 22.6 Å². The molecule has 0 saturated carbocycles. The molecular weight excluding hydrogens is 412 g/mol. The van der Waals surface area contributed by atoms with Gasteiger partial charge < -0.3 is 15.0 Å². The molecule has 33 heavy (non-hydrogen) atoms. The number of carbonyl (C=O) groups is 2. The van der Waals surface area contributed by atoms with Crippen molar-refractivity contribution in [3.8, 4) is 5.75 Å². The summed E-state index contributed by atoms with van der Waals surface area (Å²) >= 11 is 0. The molecule has 0 saturated heterocycles. The second kappa shape index (κ2) is 10.3. The normalized spacial score (nSPS) is 15.1. The summed E-state index contributed by atoms with van der Waals surface area (Å²) in [6, 6.07) is 25.7. The highest BCUT2D eigenvalue weighted by Crippen LogP contribution is 2.37. The summed E-state index contributed by atoms with van der Waals surface area (Å²) in [4.78, 5) is 27.3. The number of nitrogens with zero attached hydrogens (tertiary/aromatic N) is 1. The van der Waals surface area contributed by atoms with Gasteiger partial charge in [-0.15, -0.1) is 0 Å². The zero-order chi connectivity index (χ0) is 23.2. The number of hydrogen-bond acceptors (Lipinski definition) is 3. The van der Waals surface area contributed by atoms with Crippen LogP contribution >= 0.6 is 0 Å². The molecule has 5 nitrogen and oxygen atoms in total. The summed E-state index contributed by atoms with van der Waals surface area (Å²) in [5.41, 5.74) is 4.38. The lowest BCUT2D eigenvalue weighted by molar-refractivity contribution is -0.136. The summed E-state index contributed by atoms with van der Waals surface area (Å²) in [6.07, 6.45) is 0.801. The minimum absolute atomic E-state index is 0.0593. The van der Waals surface area contributed by atoms with Crippen molar-refractivity contribution in [3.63, 3.8) is 0 Å². The molecule has 5 heteroatoms. The summed E-state index contributed by atoms with van der Waals surface area (Å²) in [5.74, 6) is 0.516. The molecule has 170 valence electrons. The third-order valence-electron chi connectivity index (χ3n) is 5.94. The number of nitrogens with one attached hydrogen (secondary N) is 1. The lowest BCUT2D eigenvalue weighted by Gasteiger charge is -2.39. The molecule has 0 aromatic heterocycles. The molecule has 0 fully saturated rings. The van der Waals surface area contributed by atoms with Gasteiger partial charge in [0.15, 0.2) is 6.61 Å². The van der Waals surface area contributed by atoms with Crippen LogP contribution in [0.1, 0.15) is 42.1 Å². The quantitative estimate of drug-likeness (QED) is 0.586. The molecule has 1 heterocycles. The first-order valence-electron chi connectivity index (χ1n) is 11.4. The molecule has 4 rings (SSSR count). The van der Waals surface area contributed by atoms with Crippen molar-refractivity contribution < 1.29 is 14.3 Å². The lowest BCUT2D eigenvalue weighted by atomic mass is 9.87. The molecule has 0 aliphatic carbocycles. The highest BCUT2D eigenvalue weighted by molar-refractivity contribution is 5.80. The average Bonchev–Trinajstić information content (AvgIpc) is 2.86. The van der Waals surface area contributed by atoms with Gasteiger partial charge in [-0.3, -0.25) is 9.59 Å². The lowest BCUT2D eigenvalue weighted by Crippen LogP contribution is -2.42. The maximum absolute atomic E-state index is 13.0. The van der Waals surface area contributed by atoms with Crippen molar-refractivity contribution >= 4 is 11.8 Å². The van der Waals surface area contributed by atoms with Crippen LogP contribution in [0.5, 0.6) is 5.75 Å². The first-order valence-corrected chi connectivity index (χ1v) is 11.4. The third kappa shape index (κ3) is 5.43. The van der Waals surface area contributed by atoms with Gasteiger partial charge in [-0.05, 0) is 40.8 Å². The Balaban J connectivity index is 1.51. The van der Waals surface area contributed by atoms with Crippen LogP contribution in [0.3, 0.4) is 0 Å². The number of fused-ring (bicyclic) bond motifs is 1. The summed E-state index contributed by atoms with van der Waals surface area (Å²) in [5, 5.41) is 2.88. The largest absolute Gasteiger partial charge is 0.484 e. The van der Waals surface area contributed by atoms with E-state index in [1.165, 1.54) is 5.56 Å². The standard InChI is InChI=1S/C28H30N2O3/c1-20(2)28(32)30-16-15-22-13-14-24(17-25(22)27(30)23-11-7-4-8-12-23)33-19-26(31)29-18-21-9-5-3-6-10-21/h3-14,17,20,27H,15-16,18-19H2,1-2H3,(H,29,31)/t27-/m0/s1. The molecule has 3 aromatic rings. The molecule has 1 N–H and O–H groups in total. The highest BCUT2D eigenvalue weighted by atomic mass is 16.5. The minimum Gasteiger partial charge on any atom is -0.484 e. The Labute approximate surface area is 195 Å². The number of hydrogen-bond donors (Lipinski definition) is 1. The minimum atomic E-state index is -0.173. The first kappa shape index (κ1) is 22.6. The molecular formula is C28H30N2O3. The van der Waals surface area contributed by atoms with Crippen LogP contribution < -0.4 is 10.1 Å². The number of rotatable bonds is 7. The van der Waals surface area contributed by atoms with E-state index >= 15 is 0 Å². The Hall–Kier alpha value is -3.60. The van der Waals surface area contributed by atoms with Gasteiger partial charge >= 0.3 is 0 Å². The van der Waals surface area contributed by atoms with E-state index in [0.717, 1.165) is 23.1 Å². The molecule has 0 radical (unpaired) electrons. The monoisotopic (exact) mass is 442 g/mol. The van der Waals surface area contributed by atoms with Gasteiger partial charge in [-0.1, -0.05) is 80.6 Å². The number of ether oxygens (including phenoxy) is 1. The maximum Gasteiger partial charge on any atom is 0.258 e. The second-order valence-corrected chi connectivity index (χ2v) is 8.66. The number of carbonyl (C=O) groups excluding carboxylic acids is 2. The summed E-state index contributed by atoms with van der Waals surface area (Å²) in [6.45, 7) is 4.97. The van der Waals surface area contributed by atoms with E-state index in [-0.39, 0.29) is 30.4 Å². The zero-order valence-electron chi connectivity index (χ0n) is 19.2. The first-order chi connectivity index (χ1) is 16.0.